The van der Waals surface area contributed by atoms with Gasteiger partial charge >= 0.3 is 5.97 Å². The van der Waals surface area contributed by atoms with Crippen molar-refractivity contribution < 1.29 is 9.90 Å². The number of anilines is 1. The molecule has 2 N–H and O–H groups in total. The Balaban J connectivity index is 2.40. The van der Waals surface area contributed by atoms with Crippen LogP contribution in [0.1, 0.15) is 24.0 Å². The van der Waals surface area contributed by atoms with Gasteiger partial charge in [-0.2, -0.15) is 0 Å². The van der Waals surface area contributed by atoms with Crippen LogP contribution in [0.15, 0.2) is 46.5 Å². The highest BCUT2D eigenvalue weighted by molar-refractivity contribution is 6.42. The van der Waals surface area contributed by atoms with Crippen molar-refractivity contribution in [2.45, 2.75) is 12.8 Å². The number of halogens is 2. The van der Waals surface area contributed by atoms with Crippen LogP contribution in [0.2, 0.25) is 10.0 Å². The molecule has 5 nitrogen and oxygen atoms in total. The van der Waals surface area contributed by atoms with Crippen molar-refractivity contribution in [2.75, 3.05) is 5.32 Å². The fraction of sp³-hybridized carbons (Fsp3) is 0.176. The summed E-state index contributed by atoms with van der Waals surface area (Å²) in [5.74, 6) is -1.91. The molecule has 7 heteroatoms. The van der Waals surface area contributed by atoms with Gasteiger partial charge in [0.2, 0.25) is 0 Å². The van der Waals surface area contributed by atoms with Crippen molar-refractivity contribution >= 4 is 34.9 Å². The second kappa shape index (κ2) is 6.00. The van der Waals surface area contributed by atoms with Crippen LogP contribution >= 0.6 is 23.2 Å². The average Bonchev–Trinajstić information content (AvgIpc) is 2.52. The van der Waals surface area contributed by atoms with Crippen LogP contribution in [-0.2, 0) is 11.8 Å². The number of nitrogens with one attached hydrogen (secondary N) is 1. The predicted molar refractivity (Wildman–Crippen MR) is 93.9 cm³/mol. The summed E-state index contributed by atoms with van der Waals surface area (Å²) < 4.78 is 1.41. The monoisotopic (exact) mass is 364 g/mol. The molecule has 1 unspecified atom stereocenters. The molecule has 1 aliphatic rings. The van der Waals surface area contributed by atoms with Crippen molar-refractivity contribution in [3.05, 3.63) is 73.3 Å². The molecule has 3 rings (SSSR count). The number of aryl methyl sites for hydroxylation is 1. The summed E-state index contributed by atoms with van der Waals surface area (Å²) in [5.41, 5.74) is 1.66. The van der Waals surface area contributed by atoms with Crippen LogP contribution in [-0.4, -0.2) is 15.6 Å². The molecule has 0 saturated carbocycles. The third-order valence-electron chi connectivity index (χ3n) is 4.13. The lowest BCUT2D eigenvalue weighted by molar-refractivity contribution is -0.133. The average molecular weight is 365 g/mol. The van der Waals surface area contributed by atoms with E-state index in [-0.39, 0.29) is 16.2 Å². The molecule has 24 heavy (non-hydrogen) atoms. The van der Waals surface area contributed by atoms with Gasteiger partial charge in [0, 0.05) is 24.6 Å². The number of allylic oxidation sites excluding steroid dienone is 1. The van der Waals surface area contributed by atoms with E-state index in [4.69, 9.17) is 23.2 Å². The van der Waals surface area contributed by atoms with E-state index >= 15 is 0 Å². The van der Waals surface area contributed by atoms with Crippen LogP contribution < -0.4 is 10.9 Å². The maximum Gasteiger partial charge on any atom is 0.334 e. The molecule has 0 spiro atoms. The molecule has 1 atom stereocenters. The zero-order chi connectivity index (χ0) is 17.6. The number of carboxylic acid groups (broad SMARTS) is 1. The molecule has 0 radical (unpaired) electrons. The largest absolute Gasteiger partial charge is 0.478 e. The van der Waals surface area contributed by atoms with E-state index in [9.17, 15) is 14.7 Å². The first-order chi connectivity index (χ1) is 11.3. The number of hydrogen-bond donors (Lipinski definition) is 2. The van der Waals surface area contributed by atoms with Gasteiger partial charge in [-0.25, -0.2) is 4.79 Å². The van der Waals surface area contributed by atoms with E-state index in [0.29, 0.717) is 27.5 Å². The van der Waals surface area contributed by atoms with E-state index in [1.165, 1.54) is 4.57 Å². The maximum atomic E-state index is 12.7. The molecule has 2 heterocycles. The lowest BCUT2D eigenvalue weighted by Crippen LogP contribution is -2.31. The third kappa shape index (κ3) is 2.50. The number of nitrogens with zero attached hydrogens (tertiary/aromatic N) is 1. The van der Waals surface area contributed by atoms with E-state index in [1.807, 2.05) is 0 Å². The van der Waals surface area contributed by atoms with Crippen LogP contribution in [0, 0.1) is 0 Å². The fourth-order valence-corrected chi connectivity index (χ4v) is 3.42. The summed E-state index contributed by atoms with van der Waals surface area (Å²) in [6.07, 6.45) is 1.63. The zero-order valence-electron chi connectivity index (χ0n) is 12.9. The summed E-state index contributed by atoms with van der Waals surface area (Å²) in [7, 11) is 1.62. The Bertz CT molecular complexity index is 947. The summed E-state index contributed by atoms with van der Waals surface area (Å²) in [6.45, 7) is 1.66. The second-order valence-electron chi connectivity index (χ2n) is 5.60. The van der Waals surface area contributed by atoms with Crippen LogP contribution in [0.3, 0.4) is 0 Å². The SMILES string of the molecule is CC1=C(C(=O)O)C(c2cccc(Cl)c2Cl)c2c(ccn(C)c2=O)N1. The van der Waals surface area contributed by atoms with Crippen molar-refractivity contribution in [3.8, 4) is 0 Å². The number of hydrogen-bond acceptors (Lipinski definition) is 3. The van der Waals surface area contributed by atoms with E-state index in [2.05, 4.69) is 5.32 Å². The number of fused-ring (bicyclic) bond motifs is 1. The molecular formula is C17H14Cl2N2O3. The Hall–Kier alpha value is -2.24. The smallest absolute Gasteiger partial charge is 0.334 e. The Morgan fingerprint density at radius 2 is 2.00 bits per heavy atom. The zero-order valence-corrected chi connectivity index (χ0v) is 14.4. The van der Waals surface area contributed by atoms with Gasteiger partial charge in [-0.15, -0.1) is 0 Å². The molecule has 1 aliphatic heterocycles. The number of carboxylic acids is 1. The van der Waals surface area contributed by atoms with Crippen molar-refractivity contribution in [3.63, 3.8) is 0 Å². The summed E-state index contributed by atoms with van der Waals surface area (Å²) in [4.78, 5) is 24.6. The first-order valence-corrected chi connectivity index (χ1v) is 7.93. The standard InChI is InChI=1S/C17H14Cl2N2O3/c1-8-12(17(23)24)13(9-4-3-5-10(18)15(9)19)14-11(20-8)6-7-21(2)16(14)22/h3-7,13,20H,1-2H3,(H,23,24). The summed E-state index contributed by atoms with van der Waals surface area (Å²) in [6, 6.07) is 6.74. The van der Waals surface area contributed by atoms with Crippen molar-refractivity contribution in [1.82, 2.24) is 4.57 Å². The van der Waals surface area contributed by atoms with Gasteiger partial charge in [0.05, 0.1) is 27.1 Å². The fourth-order valence-electron chi connectivity index (χ4n) is 3.01. The molecular weight excluding hydrogens is 351 g/mol. The Kier molecular flexibility index (Phi) is 4.15. The lowest BCUT2D eigenvalue weighted by atomic mass is 9.81. The van der Waals surface area contributed by atoms with Gasteiger partial charge in [0.1, 0.15) is 0 Å². The minimum absolute atomic E-state index is 0.0787. The number of aromatic nitrogens is 1. The first kappa shape index (κ1) is 16.6. The van der Waals surface area contributed by atoms with Gasteiger partial charge in [-0.3, -0.25) is 4.79 Å². The van der Waals surface area contributed by atoms with Gasteiger partial charge in [-0.05, 0) is 24.6 Å². The highest BCUT2D eigenvalue weighted by Gasteiger charge is 2.36. The van der Waals surface area contributed by atoms with Crippen LogP contribution in [0.5, 0.6) is 0 Å². The van der Waals surface area contributed by atoms with E-state index in [0.717, 1.165) is 0 Å². The quantitative estimate of drug-likeness (QED) is 0.853. The molecule has 0 fully saturated rings. The van der Waals surface area contributed by atoms with Crippen LogP contribution in [0.4, 0.5) is 5.69 Å². The van der Waals surface area contributed by atoms with Gasteiger partial charge in [0.15, 0.2) is 0 Å². The van der Waals surface area contributed by atoms with Crippen molar-refractivity contribution in [1.29, 1.82) is 0 Å². The topological polar surface area (TPSA) is 71.3 Å². The number of benzene rings is 1. The molecule has 0 bridgehead atoms. The van der Waals surface area contributed by atoms with Crippen LogP contribution in [0.25, 0.3) is 0 Å². The number of aliphatic carboxylic acids is 1. The lowest BCUT2D eigenvalue weighted by Gasteiger charge is -2.29. The second-order valence-corrected chi connectivity index (χ2v) is 6.39. The molecule has 0 aliphatic carbocycles. The highest BCUT2D eigenvalue weighted by atomic mass is 35.5. The Morgan fingerprint density at radius 1 is 1.29 bits per heavy atom. The van der Waals surface area contributed by atoms with E-state index in [1.54, 1.807) is 44.4 Å². The van der Waals surface area contributed by atoms with Gasteiger partial charge < -0.3 is 15.0 Å². The number of carbonyl (C=O) groups is 1. The number of rotatable bonds is 2. The van der Waals surface area contributed by atoms with Gasteiger partial charge in [0.25, 0.3) is 5.56 Å². The first-order valence-electron chi connectivity index (χ1n) is 7.17. The predicted octanol–water partition coefficient (Wildman–Crippen LogP) is 3.61. The molecule has 0 saturated heterocycles. The molecule has 124 valence electrons. The summed E-state index contributed by atoms with van der Waals surface area (Å²) >= 11 is 12.4. The minimum Gasteiger partial charge on any atom is -0.478 e. The van der Waals surface area contributed by atoms with Gasteiger partial charge in [-0.1, -0.05) is 35.3 Å². The molecule has 1 aromatic carbocycles. The summed E-state index contributed by atoms with van der Waals surface area (Å²) in [5, 5.41) is 13.3. The maximum absolute atomic E-state index is 12.7. The Morgan fingerprint density at radius 3 is 2.67 bits per heavy atom. The Labute approximate surface area is 148 Å². The van der Waals surface area contributed by atoms with Crippen molar-refractivity contribution in [2.24, 2.45) is 7.05 Å². The van der Waals surface area contributed by atoms with E-state index < -0.39 is 11.9 Å². The third-order valence-corrected chi connectivity index (χ3v) is 4.97. The normalized spacial score (nSPS) is 16.6. The molecule has 1 aromatic heterocycles. The number of pyridine rings is 1. The minimum atomic E-state index is -1.11. The molecule has 0 amide bonds. The highest BCUT2D eigenvalue weighted by Crippen LogP contribution is 2.43. The molecule has 2 aromatic rings.